The number of hydrogen-bond acceptors (Lipinski definition) is 3. The normalized spacial score (nSPS) is 12.9. The largest absolute Gasteiger partial charge is 0.340 e. The predicted molar refractivity (Wildman–Crippen MR) is 89.4 cm³/mol. The summed E-state index contributed by atoms with van der Waals surface area (Å²) in [7, 11) is 0. The van der Waals surface area contributed by atoms with Crippen molar-refractivity contribution in [3.05, 3.63) is 47.0 Å². The standard InChI is InChI=1S/C17H19F2N5O/c1-8(2)14(16-20-10-5-4-9(3)6-11(10)21-16)22-17(25)13-7-12(15(18)19)23-24-13/h4-8,14-15H,1-3H3,(H,20,21)(H,22,25)(H,23,24)/t14-/m0/s1. The van der Waals surface area contributed by atoms with Gasteiger partial charge in [0.05, 0.1) is 17.1 Å². The van der Waals surface area contributed by atoms with Crippen LogP contribution in [0.4, 0.5) is 8.78 Å². The number of H-pyrrole nitrogens is 2. The highest BCUT2D eigenvalue weighted by atomic mass is 19.3. The number of carbonyl (C=O) groups excluding carboxylic acids is 1. The van der Waals surface area contributed by atoms with Gasteiger partial charge in [0.15, 0.2) is 0 Å². The van der Waals surface area contributed by atoms with Crippen LogP contribution in [0.15, 0.2) is 24.3 Å². The summed E-state index contributed by atoms with van der Waals surface area (Å²) in [5.74, 6) is 0.131. The molecule has 0 aliphatic carbocycles. The zero-order chi connectivity index (χ0) is 18.1. The minimum Gasteiger partial charge on any atom is -0.340 e. The van der Waals surface area contributed by atoms with Gasteiger partial charge in [0, 0.05) is 0 Å². The number of rotatable bonds is 5. The molecule has 3 rings (SSSR count). The Morgan fingerprint density at radius 2 is 2.00 bits per heavy atom. The second-order valence-electron chi connectivity index (χ2n) is 6.35. The summed E-state index contributed by atoms with van der Waals surface area (Å²) in [5, 5.41) is 8.64. The molecular weight excluding hydrogens is 328 g/mol. The van der Waals surface area contributed by atoms with Crippen LogP contribution >= 0.6 is 0 Å². The second kappa shape index (κ2) is 6.62. The average molecular weight is 347 g/mol. The third kappa shape index (κ3) is 3.52. The Morgan fingerprint density at radius 1 is 1.24 bits per heavy atom. The Morgan fingerprint density at radius 3 is 2.64 bits per heavy atom. The van der Waals surface area contributed by atoms with Crippen LogP contribution in [0.2, 0.25) is 0 Å². The van der Waals surface area contributed by atoms with E-state index >= 15 is 0 Å². The molecule has 6 nitrogen and oxygen atoms in total. The molecule has 2 aromatic heterocycles. The van der Waals surface area contributed by atoms with Gasteiger partial charge in [-0.25, -0.2) is 13.8 Å². The van der Waals surface area contributed by atoms with E-state index in [0.29, 0.717) is 5.82 Å². The van der Waals surface area contributed by atoms with E-state index in [-0.39, 0.29) is 17.3 Å². The van der Waals surface area contributed by atoms with E-state index in [1.165, 1.54) is 0 Å². The zero-order valence-corrected chi connectivity index (χ0v) is 14.1. The number of aromatic nitrogens is 4. The molecule has 0 bridgehead atoms. The molecule has 1 aromatic carbocycles. The number of nitrogens with zero attached hydrogens (tertiary/aromatic N) is 2. The first kappa shape index (κ1) is 17.1. The summed E-state index contributed by atoms with van der Waals surface area (Å²) in [6, 6.07) is 6.51. The minimum atomic E-state index is -2.70. The number of aryl methyl sites for hydroxylation is 1. The quantitative estimate of drug-likeness (QED) is 0.658. The van der Waals surface area contributed by atoms with Crippen molar-refractivity contribution in [2.24, 2.45) is 5.92 Å². The number of hydrogen-bond donors (Lipinski definition) is 3. The smallest absolute Gasteiger partial charge is 0.279 e. The van der Waals surface area contributed by atoms with Gasteiger partial charge in [-0.3, -0.25) is 9.89 Å². The molecule has 1 amide bonds. The summed E-state index contributed by atoms with van der Waals surface area (Å²) >= 11 is 0. The maximum Gasteiger partial charge on any atom is 0.279 e. The summed E-state index contributed by atoms with van der Waals surface area (Å²) in [5.41, 5.74) is 2.33. The molecule has 132 valence electrons. The highest BCUT2D eigenvalue weighted by Gasteiger charge is 2.24. The Labute approximate surface area is 143 Å². The molecular formula is C17H19F2N5O. The molecule has 8 heteroatoms. The fourth-order valence-electron chi connectivity index (χ4n) is 2.62. The van der Waals surface area contributed by atoms with Crippen molar-refractivity contribution in [1.82, 2.24) is 25.5 Å². The summed E-state index contributed by atoms with van der Waals surface area (Å²) in [6.07, 6.45) is -2.70. The highest BCUT2D eigenvalue weighted by molar-refractivity contribution is 5.92. The first-order valence-corrected chi connectivity index (χ1v) is 7.95. The molecule has 2 heterocycles. The molecule has 1 atom stereocenters. The number of aromatic amines is 2. The molecule has 0 saturated heterocycles. The zero-order valence-electron chi connectivity index (χ0n) is 14.1. The third-order valence-electron chi connectivity index (χ3n) is 3.97. The minimum absolute atomic E-state index is 0.0409. The van der Waals surface area contributed by atoms with E-state index in [2.05, 4.69) is 25.5 Å². The van der Waals surface area contributed by atoms with Gasteiger partial charge in [0.25, 0.3) is 12.3 Å². The van der Waals surface area contributed by atoms with E-state index in [4.69, 9.17) is 0 Å². The lowest BCUT2D eigenvalue weighted by atomic mass is 10.0. The van der Waals surface area contributed by atoms with Gasteiger partial charge < -0.3 is 10.3 Å². The molecule has 25 heavy (non-hydrogen) atoms. The molecule has 3 N–H and O–H groups in total. The van der Waals surface area contributed by atoms with E-state index in [1.807, 2.05) is 39.0 Å². The Hall–Kier alpha value is -2.77. The molecule has 0 aliphatic heterocycles. The van der Waals surface area contributed by atoms with Crippen molar-refractivity contribution in [3.63, 3.8) is 0 Å². The fourth-order valence-corrected chi connectivity index (χ4v) is 2.62. The van der Waals surface area contributed by atoms with Crippen molar-refractivity contribution in [2.75, 3.05) is 0 Å². The molecule has 0 radical (unpaired) electrons. The average Bonchev–Trinajstić information content (AvgIpc) is 3.18. The number of carbonyl (C=O) groups is 1. The SMILES string of the molecule is Cc1ccc2nc([C@@H](NC(=O)c3cc(C(F)F)[nH]n3)C(C)C)[nH]c2c1. The highest BCUT2D eigenvalue weighted by Crippen LogP contribution is 2.23. The van der Waals surface area contributed by atoms with Crippen molar-refractivity contribution < 1.29 is 13.6 Å². The van der Waals surface area contributed by atoms with Gasteiger partial charge in [-0.05, 0) is 36.6 Å². The molecule has 0 aliphatic rings. The van der Waals surface area contributed by atoms with Gasteiger partial charge in [-0.1, -0.05) is 19.9 Å². The number of fused-ring (bicyclic) bond motifs is 1. The summed E-state index contributed by atoms with van der Waals surface area (Å²) in [4.78, 5) is 20.1. The number of nitrogens with one attached hydrogen (secondary N) is 3. The molecule has 0 saturated carbocycles. The van der Waals surface area contributed by atoms with E-state index < -0.39 is 18.4 Å². The van der Waals surface area contributed by atoms with E-state index in [0.717, 1.165) is 22.7 Å². The third-order valence-corrected chi connectivity index (χ3v) is 3.97. The van der Waals surface area contributed by atoms with Crippen molar-refractivity contribution in [2.45, 2.75) is 33.2 Å². The molecule has 0 spiro atoms. The van der Waals surface area contributed by atoms with Gasteiger partial charge in [-0.2, -0.15) is 5.10 Å². The molecule has 3 aromatic rings. The number of alkyl halides is 2. The summed E-state index contributed by atoms with van der Waals surface area (Å²) in [6.45, 7) is 5.87. The van der Waals surface area contributed by atoms with Crippen molar-refractivity contribution in [3.8, 4) is 0 Å². The number of benzene rings is 1. The maximum absolute atomic E-state index is 12.6. The van der Waals surface area contributed by atoms with Crippen LogP contribution < -0.4 is 5.32 Å². The van der Waals surface area contributed by atoms with Crippen LogP contribution in [-0.4, -0.2) is 26.1 Å². The lowest BCUT2D eigenvalue weighted by Crippen LogP contribution is -2.32. The van der Waals surface area contributed by atoms with Crippen LogP contribution in [0.25, 0.3) is 11.0 Å². The molecule has 0 unspecified atom stereocenters. The van der Waals surface area contributed by atoms with Crippen LogP contribution in [0, 0.1) is 12.8 Å². The van der Waals surface area contributed by atoms with Crippen molar-refractivity contribution in [1.29, 1.82) is 0 Å². The van der Waals surface area contributed by atoms with Gasteiger partial charge in [-0.15, -0.1) is 0 Å². The monoisotopic (exact) mass is 347 g/mol. The Bertz CT molecular complexity index is 899. The first-order valence-electron chi connectivity index (χ1n) is 7.95. The topological polar surface area (TPSA) is 86.5 Å². The van der Waals surface area contributed by atoms with Crippen LogP contribution in [0.1, 0.15) is 53.9 Å². The fraction of sp³-hybridized carbons (Fsp3) is 0.353. The van der Waals surface area contributed by atoms with Gasteiger partial charge in [0.2, 0.25) is 0 Å². The summed E-state index contributed by atoms with van der Waals surface area (Å²) < 4.78 is 25.3. The van der Waals surface area contributed by atoms with Crippen LogP contribution in [0.5, 0.6) is 0 Å². The van der Waals surface area contributed by atoms with Gasteiger partial charge in [0.1, 0.15) is 17.2 Å². The number of imidazole rings is 1. The second-order valence-corrected chi connectivity index (χ2v) is 6.35. The van der Waals surface area contributed by atoms with Gasteiger partial charge >= 0.3 is 0 Å². The Kier molecular flexibility index (Phi) is 4.52. The lowest BCUT2D eigenvalue weighted by molar-refractivity contribution is 0.0918. The van der Waals surface area contributed by atoms with Crippen molar-refractivity contribution >= 4 is 16.9 Å². The van der Waals surface area contributed by atoms with Crippen LogP contribution in [-0.2, 0) is 0 Å². The number of halogens is 2. The Balaban J connectivity index is 1.85. The molecule has 0 fully saturated rings. The number of amides is 1. The maximum atomic E-state index is 12.6. The predicted octanol–water partition coefficient (Wildman–Crippen LogP) is 3.66. The van der Waals surface area contributed by atoms with E-state index in [1.54, 1.807) is 0 Å². The van der Waals surface area contributed by atoms with E-state index in [9.17, 15) is 13.6 Å². The van der Waals surface area contributed by atoms with Crippen LogP contribution in [0.3, 0.4) is 0 Å². The lowest BCUT2D eigenvalue weighted by Gasteiger charge is -2.19. The first-order chi connectivity index (χ1) is 11.8.